The molecule has 2 heterocycles. The lowest BCUT2D eigenvalue weighted by atomic mass is 9.97. The Morgan fingerprint density at radius 2 is 1.97 bits per heavy atom. The molecule has 32 heavy (non-hydrogen) atoms. The molecule has 0 bridgehead atoms. The van der Waals surface area contributed by atoms with Crippen LogP contribution in [0.1, 0.15) is 36.8 Å². The Morgan fingerprint density at radius 3 is 2.81 bits per heavy atom. The van der Waals surface area contributed by atoms with Crippen LogP contribution in [-0.4, -0.2) is 29.3 Å². The van der Waals surface area contributed by atoms with Gasteiger partial charge in [0.2, 0.25) is 0 Å². The molecule has 166 valence electrons. The molecule has 2 amide bonds. The Bertz CT molecular complexity index is 1090. The molecule has 5 nitrogen and oxygen atoms in total. The summed E-state index contributed by atoms with van der Waals surface area (Å²) in [6.45, 7) is 0.794. The molecule has 0 saturated carbocycles. The number of pyridine rings is 1. The highest BCUT2D eigenvalue weighted by atomic mass is 19.1. The maximum atomic E-state index is 14.0. The van der Waals surface area contributed by atoms with Crippen LogP contribution in [0.4, 0.5) is 20.6 Å². The first-order valence-corrected chi connectivity index (χ1v) is 11.2. The number of hydrogen-bond donors (Lipinski definition) is 2. The summed E-state index contributed by atoms with van der Waals surface area (Å²) in [5, 5.41) is 11.7. The van der Waals surface area contributed by atoms with Crippen molar-refractivity contribution < 1.29 is 14.3 Å². The van der Waals surface area contributed by atoms with E-state index in [4.69, 9.17) is 5.11 Å². The molecule has 2 N–H and O–H groups in total. The van der Waals surface area contributed by atoms with Crippen molar-refractivity contribution in [2.45, 2.75) is 38.5 Å². The fourth-order valence-electron chi connectivity index (χ4n) is 4.13. The van der Waals surface area contributed by atoms with Crippen LogP contribution < -0.4 is 10.2 Å². The van der Waals surface area contributed by atoms with E-state index in [-0.39, 0.29) is 18.3 Å². The van der Waals surface area contributed by atoms with Crippen molar-refractivity contribution in [3.63, 3.8) is 0 Å². The lowest BCUT2D eigenvalue weighted by molar-refractivity contribution is 0.256. The Kier molecular flexibility index (Phi) is 7.12. The molecular formula is C26H28FN3O2. The molecule has 0 aliphatic carbocycles. The third-order valence-corrected chi connectivity index (χ3v) is 5.85. The van der Waals surface area contributed by atoms with Crippen molar-refractivity contribution in [3.8, 4) is 11.1 Å². The molecule has 0 fully saturated rings. The second-order valence-corrected chi connectivity index (χ2v) is 8.12. The minimum Gasteiger partial charge on any atom is -0.396 e. The van der Waals surface area contributed by atoms with Crippen LogP contribution in [-0.2, 0) is 12.8 Å². The van der Waals surface area contributed by atoms with Crippen LogP contribution >= 0.6 is 0 Å². The number of hydrogen-bond acceptors (Lipinski definition) is 3. The second kappa shape index (κ2) is 10.4. The molecule has 6 heteroatoms. The predicted octanol–water partition coefficient (Wildman–Crippen LogP) is 5.58. The van der Waals surface area contributed by atoms with Gasteiger partial charge in [-0.2, -0.15) is 0 Å². The van der Waals surface area contributed by atoms with Gasteiger partial charge >= 0.3 is 6.03 Å². The number of nitrogens with one attached hydrogen (secondary N) is 1. The molecule has 3 aromatic rings. The van der Waals surface area contributed by atoms with Crippen LogP contribution in [0.15, 0.2) is 60.9 Å². The number of aliphatic hydroxyl groups excluding tert-OH is 1. The molecule has 0 saturated heterocycles. The molecule has 0 atom stereocenters. The Balaban J connectivity index is 1.62. The maximum absolute atomic E-state index is 14.0. The summed E-state index contributed by atoms with van der Waals surface area (Å²) in [4.78, 5) is 18.5. The number of anilines is 2. The zero-order valence-corrected chi connectivity index (χ0v) is 18.1. The molecule has 4 rings (SSSR count). The smallest absolute Gasteiger partial charge is 0.326 e. The summed E-state index contributed by atoms with van der Waals surface area (Å²) in [6, 6.07) is 15.8. The fourth-order valence-corrected chi connectivity index (χ4v) is 4.13. The van der Waals surface area contributed by atoms with E-state index in [0.717, 1.165) is 67.1 Å². The Hall–Kier alpha value is -3.25. The number of unbranched alkanes of at least 4 members (excludes halogenated alkanes) is 1. The number of halogens is 1. The van der Waals surface area contributed by atoms with E-state index >= 15 is 0 Å². The normalized spacial score (nSPS) is 13.4. The number of rotatable bonds is 6. The van der Waals surface area contributed by atoms with Crippen molar-refractivity contribution in [2.24, 2.45) is 0 Å². The number of amides is 2. The molecule has 0 spiro atoms. The number of carbonyl (C=O) groups excluding carboxylic acids is 1. The van der Waals surface area contributed by atoms with Crippen molar-refractivity contribution >= 4 is 17.4 Å². The SMILES string of the molecule is O=C(Nc1ccncc1F)N1CCCCc2ccc(-c3cccc(CCCCO)c3)cc21. The molecular weight excluding hydrogens is 405 g/mol. The van der Waals surface area contributed by atoms with Gasteiger partial charge in [0.15, 0.2) is 5.82 Å². The van der Waals surface area contributed by atoms with Crippen LogP contribution in [0.5, 0.6) is 0 Å². The second-order valence-electron chi connectivity index (χ2n) is 8.12. The van der Waals surface area contributed by atoms with Crippen molar-refractivity contribution in [1.82, 2.24) is 4.98 Å². The Labute approximate surface area is 187 Å². The first-order valence-electron chi connectivity index (χ1n) is 11.2. The van der Waals surface area contributed by atoms with Crippen molar-refractivity contribution in [1.29, 1.82) is 0 Å². The average Bonchev–Trinajstić information content (AvgIpc) is 3.03. The first kappa shape index (κ1) is 22.0. The summed E-state index contributed by atoms with van der Waals surface area (Å²) in [6.07, 6.45) is 8.01. The van der Waals surface area contributed by atoms with Crippen LogP contribution in [0, 0.1) is 5.82 Å². The molecule has 1 aliphatic heterocycles. The van der Waals surface area contributed by atoms with Gasteiger partial charge in [-0.3, -0.25) is 9.88 Å². The highest BCUT2D eigenvalue weighted by molar-refractivity contribution is 6.02. The van der Waals surface area contributed by atoms with E-state index in [1.54, 1.807) is 4.90 Å². The van der Waals surface area contributed by atoms with E-state index in [2.05, 4.69) is 46.7 Å². The molecule has 1 aromatic heterocycles. The number of nitrogens with zero attached hydrogens (tertiary/aromatic N) is 2. The van der Waals surface area contributed by atoms with Gasteiger partial charge in [-0.1, -0.05) is 36.4 Å². The summed E-state index contributed by atoms with van der Waals surface area (Å²) in [5.41, 5.74) is 5.49. The van der Waals surface area contributed by atoms with Gasteiger partial charge in [-0.25, -0.2) is 9.18 Å². The minimum absolute atomic E-state index is 0.127. The van der Waals surface area contributed by atoms with E-state index in [1.807, 2.05) is 6.07 Å². The first-order chi connectivity index (χ1) is 15.7. The van der Waals surface area contributed by atoms with Crippen molar-refractivity contribution in [3.05, 3.63) is 77.9 Å². The summed E-state index contributed by atoms with van der Waals surface area (Å²) in [5.74, 6) is -0.553. The maximum Gasteiger partial charge on any atom is 0.326 e. The van der Waals surface area contributed by atoms with Gasteiger partial charge in [0.1, 0.15) is 0 Å². The molecule has 0 unspecified atom stereocenters. The Morgan fingerprint density at radius 1 is 1.09 bits per heavy atom. The van der Waals surface area contributed by atoms with E-state index in [9.17, 15) is 9.18 Å². The highest BCUT2D eigenvalue weighted by Gasteiger charge is 2.22. The summed E-state index contributed by atoms with van der Waals surface area (Å²) >= 11 is 0. The van der Waals surface area contributed by atoms with Gasteiger partial charge in [0.05, 0.1) is 11.9 Å². The van der Waals surface area contributed by atoms with Gasteiger partial charge in [0.25, 0.3) is 0 Å². The predicted molar refractivity (Wildman–Crippen MR) is 125 cm³/mol. The fraction of sp³-hybridized carbons (Fsp3) is 0.308. The van der Waals surface area contributed by atoms with E-state index in [1.165, 1.54) is 17.8 Å². The summed E-state index contributed by atoms with van der Waals surface area (Å²) in [7, 11) is 0. The number of urea groups is 1. The van der Waals surface area contributed by atoms with Crippen LogP contribution in [0.25, 0.3) is 11.1 Å². The van der Waals surface area contributed by atoms with Crippen molar-refractivity contribution in [2.75, 3.05) is 23.4 Å². The topological polar surface area (TPSA) is 65.5 Å². The zero-order valence-electron chi connectivity index (χ0n) is 18.1. The van der Waals surface area contributed by atoms with Gasteiger partial charge in [0, 0.05) is 25.0 Å². The van der Waals surface area contributed by atoms with E-state index in [0.29, 0.717) is 6.54 Å². The van der Waals surface area contributed by atoms with Gasteiger partial charge < -0.3 is 10.4 Å². The third kappa shape index (κ3) is 5.14. The minimum atomic E-state index is -0.553. The highest BCUT2D eigenvalue weighted by Crippen LogP contribution is 2.32. The standard InChI is InChI=1S/C26H28FN3O2/c27-23-18-28-13-12-24(23)29-26(32)30-14-3-1-8-20-10-11-22(17-25(20)30)21-9-5-7-19(16-21)6-2-4-15-31/h5,7,9-13,16-18,31H,1-4,6,8,14-15H2,(H,28,29,32). The number of aryl methyl sites for hydroxylation is 2. The van der Waals surface area contributed by atoms with E-state index < -0.39 is 5.82 Å². The third-order valence-electron chi connectivity index (χ3n) is 5.85. The van der Waals surface area contributed by atoms with Crippen LogP contribution in [0.3, 0.4) is 0 Å². The van der Waals surface area contributed by atoms with Gasteiger partial charge in [-0.05, 0) is 72.9 Å². The number of aliphatic hydroxyl groups is 1. The molecule has 1 aliphatic rings. The monoisotopic (exact) mass is 433 g/mol. The zero-order chi connectivity index (χ0) is 22.3. The lowest BCUT2D eigenvalue weighted by Crippen LogP contribution is -2.36. The quantitative estimate of drug-likeness (QED) is 0.499. The molecule has 0 radical (unpaired) electrons. The number of carbonyl (C=O) groups is 1. The average molecular weight is 434 g/mol. The largest absolute Gasteiger partial charge is 0.396 e. The number of fused-ring (bicyclic) bond motifs is 1. The summed E-state index contributed by atoms with van der Waals surface area (Å²) < 4.78 is 14.0. The number of aromatic nitrogens is 1. The van der Waals surface area contributed by atoms with Crippen LogP contribution in [0.2, 0.25) is 0 Å². The number of benzene rings is 2. The molecule has 2 aromatic carbocycles. The van der Waals surface area contributed by atoms with Gasteiger partial charge in [-0.15, -0.1) is 0 Å². The lowest BCUT2D eigenvalue weighted by Gasteiger charge is -2.24.